The molecule has 1 heterocycles. The first kappa shape index (κ1) is 13.2. The van der Waals surface area contributed by atoms with Crippen molar-refractivity contribution in [2.24, 2.45) is 5.92 Å². The van der Waals surface area contributed by atoms with Gasteiger partial charge in [-0.1, -0.05) is 19.1 Å². The lowest BCUT2D eigenvalue weighted by molar-refractivity contribution is 0.102. The van der Waals surface area contributed by atoms with Gasteiger partial charge in [0.25, 0.3) is 5.91 Å². The van der Waals surface area contributed by atoms with E-state index in [1.807, 2.05) is 0 Å². The van der Waals surface area contributed by atoms with Gasteiger partial charge < -0.3 is 0 Å². The molecule has 20 heavy (non-hydrogen) atoms. The topological polar surface area (TPSA) is 42.0 Å². The van der Waals surface area contributed by atoms with Gasteiger partial charge in [-0.15, -0.1) is 11.3 Å². The largest absolute Gasteiger partial charge is 0.298 e. The maximum Gasteiger partial charge on any atom is 0.260 e. The van der Waals surface area contributed by atoms with Gasteiger partial charge in [-0.25, -0.2) is 9.37 Å². The van der Waals surface area contributed by atoms with Crippen molar-refractivity contribution in [3.8, 4) is 0 Å². The molecule has 3 rings (SSSR count). The van der Waals surface area contributed by atoms with Crippen LogP contribution >= 0.6 is 11.3 Å². The van der Waals surface area contributed by atoms with Crippen molar-refractivity contribution >= 4 is 22.4 Å². The highest BCUT2D eigenvalue weighted by Crippen LogP contribution is 2.32. The van der Waals surface area contributed by atoms with Crippen molar-refractivity contribution < 1.29 is 9.18 Å². The van der Waals surface area contributed by atoms with Crippen molar-refractivity contribution in [2.45, 2.75) is 26.2 Å². The Morgan fingerprint density at radius 2 is 2.25 bits per heavy atom. The zero-order chi connectivity index (χ0) is 14.1. The summed E-state index contributed by atoms with van der Waals surface area (Å²) in [5, 5.41) is 3.27. The van der Waals surface area contributed by atoms with Gasteiger partial charge in [0.05, 0.1) is 11.3 Å². The standard InChI is InChI=1S/C15H15FN2OS/c1-9-6-7-12-13(8-9)20-15(17-12)18-14(19)10-4-2-3-5-11(10)16/h2-5,9H,6-8H2,1H3,(H,17,18,19)/t9-/m0/s1. The van der Waals surface area contributed by atoms with E-state index in [1.54, 1.807) is 12.1 Å². The van der Waals surface area contributed by atoms with Gasteiger partial charge in [-0.2, -0.15) is 0 Å². The number of aromatic nitrogens is 1. The molecule has 1 aliphatic carbocycles. The number of carbonyl (C=O) groups excluding carboxylic acids is 1. The monoisotopic (exact) mass is 290 g/mol. The van der Waals surface area contributed by atoms with E-state index in [0.29, 0.717) is 11.0 Å². The summed E-state index contributed by atoms with van der Waals surface area (Å²) in [4.78, 5) is 17.7. The summed E-state index contributed by atoms with van der Waals surface area (Å²) < 4.78 is 13.5. The maximum atomic E-state index is 13.5. The lowest BCUT2D eigenvalue weighted by Crippen LogP contribution is -2.13. The fourth-order valence-corrected chi connectivity index (χ4v) is 3.57. The third-order valence-electron chi connectivity index (χ3n) is 3.52. The highest BCUT2D eigenvalue weighted by Gasteiger charge is 2.21. The van der Waals surface area contributed by atoms with Crippen LogP contribution < -0.4 is 5.32 Å². The molecule has 1 aliphatic rings. The zero-order valence-corrected chi connectivity index (χ0v) is 12.0. The van der Waals surface area contributed by atoms with Crippen molar-refractivity contribution in [2.75, 3.05) is 5.32 Å². The van der Waals surface area contributed by atoms with Gasteiger partial charge in [0.1, 0.15) is 5.82 Å². The number of anilines is 1. The minimum Gasteiger partial charge on any atom is -0.298 e. The number of fused-ring (bicyclic) bond motifs is 1. The van der Waals surface area contributed by atoms with Crippen LogP contribution in [0.15, 0.2) is 24.3 Å². The SMILES string of the molecule is C[C@H]1CCc2nc(NC(=O)c3ccccc3F)sc2C1. The van der Waals surface area contributed by atoms with Crippen LogP contribution in [0, 0.1) is 11.7 Å². The Labute approximate surface area is 120 Å². The Morgan fingerprint density at radius 3 is 3.05 bits per heavy atom. The van der Waals surface area contributed by atoms with Crippen LogP contribution in [0.5, 0.6) is 0 Å². The second kappa shape index (κ2) is 5.32. The number of carbonyl (C=O) groups is 1. The Balaban J connectivity index is 1.79. The first-order valence-corrected chi connectivity index (χ1v) is 7.49. The molecule has 0 saturated heterocycles. The van der Waals surface area contributed by atoms with Crippen molar-refractivity contribution in [3.63, 3.8) is 0 Å². The molecule has 1 amide bonds. The second-order valence-corrected chi connectivity index (χ2v) is 6.25. The van der Waals surface area contributed by atoms with Gasteiger partial charge in [-0.3, -0.25) is 10.1 Å². The summed E-state index contributed by atoms with van der Waals surface area (Å²) in [5.41, 5.74) is 1.13. The van der Waals surface area contributed by atoms with E-state index in [-0.39, 0.29) is 5.56 Å². The zero-order valence-electron chi connectivity index (χ0n) is 11.1. The number of halogens is 1. The van der Waals surface area contributed by atoms with Crippen molar-refractivity contribution in [3.05, 3.63) is 46.2 Å². The summed E-state index contributed by atoms with van der Waals surface area (Å²) in [6.45, 7) is 2.22. The number of amides is 1. The highest BCUT2D eigenvalue weighted by molar-refractivity contribution is 7.15. The molecule has 0 aliphatic heterocycles. The molecular formula is C15H15FN2OS. The van der Waals surface area contributed by atoms with Gasteiger partial charge in [-0.05, 0) is 37.3 Å². The third kappa shape index (κ3) is 2.58. The molecule has 1 aromatic heterocycles. The minimum absolute atomic E-state index is 0.0500. The first-order chi connectivity index (χ1) is 9.63. The van der Waals surface area contributed by atoms with E-state index in [0.717, 1.165) is 25.0 Å². The number of thiazole rings is 1. The molecule has 5 heteroatoms. The number of hydrogen-bond donors (Lipinski definition) is 1. The number of nitrogens with zero attached hydrogens (tertiary/aromatic N) is 1. The number of benzene rings is 1. The van der Waals surface area contributed by atoms with Crippen LogP contribution in [-0.4, -0.2) is 10.9 Å². The Bertz CT molecular complexity index is 653. The van der Waals surface area contributed by atoms with E-state index >= 15 is 0 Å². The average Bonchev–Trinajstić information content (AvgIpc) is 2.80. The van der Waals surface area contributed by atoms with Crippen LogP contribution in [0.25, 0.3) is 0 Å². The van der Waals surface area contributed by atoms with Crippen molar-refractivity contribution in [1.29, 1.82) is 0 Å². The smallest absolute Gasteiger partial charge is 0.260 e. The average molecular weight is 290 g/mol. The molecule has 0 spiro atoms. The molecule has 1 atom stereocenters. The fourth-order valence-electron chi connectivity index (χ4n) is 2.40. The molecule has 0 saturated carbocycles. The maximum absolute atomic E-state index is 13.5. The van der Waals surface area contributed by atoms with Crippen LogP contribution in [0.1, 0.15) is 34.3 Å². The number of aryl methyl sites for hydroxylation is 1. The molecular weight excluding hydrogens is 275 g/mol. The predicted octanol–water partition coefficient (Wildman–Crippen LogP) is 3.66. The van der Waals surface area contributed by atoms with E-state index in [4.69, 9.17) is 0 Å². The third-order valence-corrected chi connectivity index (χ3v) is 4.56. The predicted molar refractivity (Wildman–Crippen MR) is 77.7 cm³/mol. The lowest BCUT2D eigenvalue weighted by Gasteiger charge is -2.15. The normalized spacial score (nSPS) is 17.6. The van der Waals surface area contributed by atoms with Gasteiger partial charge in [0.15, 0.2) is 5.13 Å². The summed E-state index contributed by atoms with van der Waals surface area (Å²) >= 11 is 1.50. The minimum atomic E-state index is -0.514. The van der Waals surface area contributed by atoms with Gasteiger partial charge in [0.2, 0.25) is 0 Å². The van der Waals surface area contributed by atoms with E-state index in [1.165, 1.54) is 28.3 Å². The summed E-state index contributed by atoms with van der Waals surface area (Å²) in [7, 11) is 0. The molecule has 1 aromatic carbocycles. The molecule has 1 N–H and O–H groups in total. The molecule has 0 unspecified atom stereocenters. The fraction of sp³-hybridized carbons (Fsp3) is 0.333. The highest BCUT2D eigenvalue weighted by atomic mass is 32.1. The lowest BCUT2D eigenvalue weighted by atomic mass is 9.93. The summed E-state index contributed by atoms with van der Waals surface area (Å²) in [5.74, 6) is -0.291. The van der Waals surface area contributed by atoms with Gasteiger partial charge >= 0.3 is 0 Å². The molecule has 0 radical (unpaired) electrons. The first-order valence-electron chi connectivity index (χ1n) is 6.68. The number of nitrogens with one attached hydrogen (secondary N) is 1. The van der Waals surface area contributed by atoms with Crippen LogP contribution in [-0.2, 0) is 12.8 Å². The van der Waals surface area contributed by atoms with E-state index in [2.05, 4.69) is 17.2 Å². The summed E-state index contributed by atoms with van der Waals surface area (Å²) in [6, 6.07) is 5.96. The summed E-state index contributed by atoms with van der Waals surface area (Å²) in [6.07, 6.45) is 3.11. The molecule has 0 bridgehead atoms. The van der Waals surface area contributed by atoms with E-state index < -0.39 is 11.7 Å². The second-order valence-electron chi connectivity index (χ2n) is 5.17. The van der Waals surface area contributed by atoms with Crippen LogP contribution in [0.4, 0.5) is 9.52 Å². The van der Waals surface area contributed by atoms with Crippen molar-refractivity contribution in [1.82, 2.24) is 4.98 Å². The molecule has 3 nitrogen and oxygen atoms in total. The molecule has 2 aromatic rings. The van der Waals surface area contributed by atoms with E-state index in [9.17, 15) is 9.18 Å². The van der Waals surface area contributed by atoms with Gasteiger partial charge in [0, 0.05) is 4.88 Å². The number of rotatable bonds is 2. The molecule has 104 valence electrons. The Morgan fingerprint density at radius 1 is 1.45 bits per heavy atom. The Kier molecular flexibility index (Phi) is 3.53. The molecule has 0 fully saturated rings. The van der Waals surface area contributed by atoms with Crippen LogP contribution in [0.3, 0.4) is 0 Å². The number of hydrogen-bond acceptors (Lipinski definition) is 3. The quantitative estimate of drug-likeness (QED) is 0.917. The Hall–Kier alpha value is -1.75. The van der Waals surface area contributed by atoms with Crippen LogP contribution in [0.2, 0.25) is 0 Å².